The van der Waals surface area contributed by atoms with Crippen LogP contribution in [0.5, 0.6) is 5.75 Å². The molecule has 5 nitrogen and oxygen atoms in total. The molecular formula is C15H19N3O2. The van der Waals surface area contributed by atoms with Crippen molar-refractivity contribution in [2.24, 2.45) is 0 Å². The molecule has 1 amide bonds. The number of nitrogens with zero attached hydrogens (tertiary/aromatic N) is 2. The monoisotopic (exact) mass is 273 g/mol. The topological polar surface area (TPSA) is 56.2 Å². The van der Waals surface area contributed by atoms with Crippen molar-refractivity contribution >= 4 is 5.91 Å². The lowest BCUT2D eigenvalue weighted by atomic mass is 10.2. The van der Waals surface area contributed by atoms with Gasteiger partial charge in [-0.25, -0.2) is 4.68 Å². The zero-order chi connectivity index (χ0) is 14.5. The minimum absolute atomic E-state index is 0.0293. The van der Waals surface area contributed by atoms with Crippen LogP contribution in [0.25, 0.3) is 5.69 Å². The summed E-state index contributed by atoms with van der Waals surface area (Å²) < 4.78 is 7.02. The van der Waals surface area contributed by atoms with Crippen molar-refractivity contribution in [1.29, 1.82) is 0 Å². The van der Waals surface area contributed by atoms with Gasteiger partial charge in [0.25, 0.3) is 0 Å². The van der Waals surface area contributed by atoms with Crippen LogP contribution in [-0.2, 0) is 11.2 Å². The molecule has 1 aromatic heterocycles. The van der Waals surface area contributed by atoms with E-state index < -0.39 is 0 Å². The average molecular weight is 273 g/mol. The van der Waals surface area contributed by atoms with E-state index in [-0.39, 0.29) is 5.91 Å². The van der Waals surface area contributed by atoms with Crippen LogP contribution in [0.3, 0.4) is 0 Å². The highest BCUT2D eigenvalue weighted by molar-refractivity contribution is 5.75. The quantitative estimate of drug-likeness (QED) is 0.904. The van der Waals surface area contributed by atoms with Crippen molar-refractivity contribution in [2.75, 3.05) is 14.2 Å². The van der Waals surface area contributed by atoms with Gasteiger partial charge in [-0.1, -0.05) is 0 Å². The highest BCUT2D eigenvalue weighted by Gasteiger charge is 2.08. The molecule has 20 heavy (non-hydrogen) atoms. The minimum atomic E-state index is 0.0293. The van der Waals surface area contributed by atoms with Gasteiger partial charge >= 0.3 is 0 Å². The number of ether oxygens (including phenoxy) is 1. The largest absolute Gasteiger partial charge is 0.497 e. The van der Waals surface area contributed by atoms with Gasteiger partial charge < -0.3 is 10.1 Å². The maximum atomic E-state index is 11.3. The van der Waals surface area contributed by atoms with Crippen LogP contribution in [0.15, 0.2) is 30.3 Å². The van der Waals surface area contributed by atoms with E-state index in [1.807, 2.05) is 41.9 Å². The zero-order valence-corrected chi connectivity index (χ0v) is 12.0. The van der Waals surface area contributed by atoms with Crippen LogP contribution in [0.2, 0.25) is 0 Å². The van der Waals surface area contributed by atoms with Gasteiger partial charge in [-0.2, -0.15) is 5.10 Å². The Balaban J connectivity index is 2.15. The molecule has 0 fully saturated rings. The average Bonchev–Trinajstić information content (AvgIpc) is 2.86. The number of hydrogen-bond donors (Lipinski definition) is 1. The first-order valence-electron chi connectivity index (χ1n) is 6.54. The molecule has 1 aromatic carbocycles. The lowest BCUT2D eigenvalue weighted by molar-refractivity contribution is -0.120. The van der Waals surface area contributed by atoms with Gasteiger partial charge in [0, 0.05) is 25.6 Å². The third-order valence-electron chi connectivity index (χ3n) is 3.14. The molecule has 0 aliphatic rings. The Hall–Kier alpha value is -2.30. The van der Waals surface area contributed by atoms with Gasteiger partial charge in [-0.15, -0.1) is 0 Å². The number of aromatic nitrogens is 2. The molecule has 2 rings (SSSR count). The molecule has 0 spiro atoms. The molecule has 1 N–H and O–H groups in total. The molecule has 0 bridgehead atoms. The van der Waals surface area contributed by atoms with E-state index in [1.54, 1.807) is 14.2 Å². The smallest absolute Gasteiger partial charge is 0.220 e. The Bertz CT molecular complexity index is 588. The number of carbonyl (C=O) groups excluding carboxylic acids is 1. The number of rotatable bonds is 5. The molecule has 5 heteroatoms. The fourth-order valence-electron chi connectivity index (χ4n) is 2.01. The lowest BCUT2D eigenvalue weighted by Crippen LogP contribution is -2.18. The maximum absolute atomic E-state index is 11.3. The van der Waals surface area contributed by atoms with Crippen LogP contribution in [0.1, 0.15) is 17.8 Å². The summed E-state index contributed by atoms with van der Waals surface area (Å²) in [5.41, 5.74) is 2.94. The number of aryl methyl sites for hydroxylation is 2. The van der Waals surface area contributed by atoms with E-state index >= 15 is 0 Å². The van der Waals surface area contributed by atoms with E-state index in [4.69, 9.17) is 4.74 Å². The SMILES string of the molecule is CNC(=O)CCc1cc(C)n(-c2ccc(OC)cc2)n1. The highest BCUT2D eigenvalue weighted by Crippen LogP contribution is 2.17. The summed E-state index contributed by atoms with van der Waals surface area (Å²) in [6.45, 7) is 2.00. The summed E-state index contributed by atoms with van der Waals surface area (Å²) >= 11 is 0. The van der Waals surface area contributed by atoms with Crippen LogP contribution < -0.4 is 10.1 Å². The van der Waals surface area contributed by atoms with E-state index in [0.717, 1.165) is 22.8 Å². The van der Waals surface area contributed by atoms with Gasteiger partial charge in [0.2, 0.25) is 5.91 Å². The molecule has 0 saturated carbocycles. The normalized spacial score (nSPS) is 10.3. The molecule has 1 heterocycles. The second kappa shape index (κ2) is 6.23. The van der Waals surface area contributed by atoms with Crippen molar-refractivity contribution in [3.63, 3.8) is 0 Å². The van der Waals surface area contributed by atoms with Crippen molar-refractivity contribution in [3.8, 4) is 11.4 Å². The fourth-order valence-corrected chi connectivity index (χ4v) is 2.01. The van der Waals surface area contributed by atoms with E-state index in [9.17, 15) is 4.79 Å². The first kappa shape index (κ1) is 14.1. The Labute approximate surface area is 118 Å². The van der Waals surface area contributed by atoms with Crippen LogP contribution in [0.4, 0.5) is 0 Å². The predicted molar refractivity (Wildman–Crippen MR) is 77.2 cm³/mol. The Morgan fingerprint density at radius 1 is 1.35 bits per heavy atom. The summed E-state index contributed by atoms with van der Waals surface area (Å²) in [4.78, 5) is 11.3. The van der Waals surface area contributed by atoms with Gasteiger partial charge in [-0.3, -0.25) is 4.79 Å². The Morgan fingerprint density at radius 2 is 2.05 bits per heavy atom. The van der Waals surface area contributed by atoms with Crippen molar-refractivity contribution in [1.82, 2.24) is 15.1 Å². The highest BCUT2D eigenvalue weighted by atomic mass is 16.5. The summed E-state index contributed by atoms with van der Waals surface area (Å²) in [5, 5.41) is 7.15. The number of hydrogen-bond acceptors (Lipinski definition) is 3. The summed E-state index contributed by atoms with van der Waals surface area (Å²) in [7, 11) is 3.29. The molecule has 0 atom stereocenters. The Morgan fingerprint density at radius 3 is 2.65 bits per heavy atom. The third kappa shape index (κ3) is 3.17. The van der Waals surface area contributed by atoms with Gasteiger partial charge in [-0.05, 0) is 37.3 Å². The molecule has 0 aliphatic carbocycles. The van der Waals surface area contributed by atoms with E-state index in [0.29, 0.717) is 12.8 Å². The maximum Gasteiger partial charge on any atom is 0.220 e. The first-order valence-corrected chi connectivity index (χ1v) is 6.54. The van der Waals surface area contributed by atoms with Gasteiger partial charge in [0.1, 0.15) is 5.75 Å². The van der Waals surface area contributed by atoms with Crippen LogP contribution >= 0.6 is 0 Å². The summed E-state index contributed by atoms with van der Waals surface area (Å²) in [6, 6.07) is 9.73. The standard InChI is InChI=1S/C15H19N3O2/c1-11-10-12(4-9-15(19)16-2)17-18(11)13-5-7-14(20-3)8-6-13/h5-8,10H,4,9H2,1-3H3,(H,16,19). The zero-order valence-electron chi connectivity index (χ0n) is 12.0. The molecule has 0 radical (unpaired) electrons. The molecular weight excluding hydrogens is 254 g/mol. The minimum Gasteiger partial charge on any atom is -0.497 e. The van der Waals surface area contributed by atoms with Crippen LogP contribution in [-0.4, -0.2) is 29.8 Å². The Kier molecular flexibility index (Phi) is 4.40. The molecule has 106 valence electrons. The van der Waals surface area contributed by atoms with Crippen molar-refractivity contribution in [3.05, 3.63) is 41.7 Å². The number of benzene rings is 1. The molecule has 0 aliphatic heterocycles. The van der Waals surface area contributed by atoms with E-state index in [1.165, 1.54) is 0 Å². The third-order valence-corrected chi connectivity index (χ3v) is 3.14. The van der Waals surface area contributed by atoms with E-state index in [2.05, 4.69) is 10.4 Å². The number of carbonyl (C=O) groups is 1. The fraction of sp³-hybridized carbons (Fsp3) is 0.333. The van der Waals surface area contributed by atoms with Gasteiger partial charge in [0.05, 0.1) is 18.5 Å². The predicted octanol–water partition coefficient (Wildman–Crippen LogP) is 1.87. The van der Waals surface area contributed by atoms with Crippen molar-refractivity contribution < 1.29 is 9.53 Å². The van der Waals surface area contributed by atoms with Crippen molar-refractivity contribution in [2.45, 2.75) is 19.8 Å². The molecule has 0 saturated heterocycles. The van der Waals surface area contributed by atoms with Crippen LogP contribution in [0, 0.1) is 6.92 Å². The summed E-state index contributed by atoms with van der Waals surface area (Å²) in [5.74, 6) is 0.847. The first-order chi connectivity index (χ1) is 9.63. The molecule has 2 aromatic rings. The summed E-state index contributed by atoms with van der Waals surface area (Å²) in [6.07, 6.45) is 1.10. The molecule has 0 unspecified atom stereocenters. The number of amides is 1. The number of nitrogens with one attached hydrogen (secondary N) is 1. The van der Waals surface area contributed by atoms with Gasteiger partial charge in [0.15, 0.2) is 0 Å². The lowest BCUT2D eigenvalue weighted by Gasteiger charge is -2.05. The second-order valence-corrected chi connectivity index (χ2v) is 4.56. The second-order valence-electron chi connectivity index (χ2n) is 4.56. The number of methoxy groups -OCH3 is 1.